The van der Waals surface area contributed by atoms with Crippen LogP contribution in [0.5, 0.6) is 0 Å². The second-order valence-electron chi connectivity index (χ2n) is 8.38. The third-order valence-corrected chi connectivity index (χ3v) is 8.25. The lowest BCUT2D eigenvalue weighted by molar-refractivity contribution is 0.0744. The van der Waals surface area contributed by atoms with E-state index in [0.29, 0.717) is 31.7 Å². The van der Waals surface area contributed by atoms with Crippen molar-refractivity contribution in [1.29, 1.82) is 0 Å². The highest BCUT2D eigenvalue weighted by atomic mass is 32.2. The van der Waals surface area contributed by atoms with Crippen LogP contribution >= 0.6 is 0 Å². The Morgan fingerprint density at radius 1 is 0.862 bits per heavy atom. The number of hydrogen-bond donors (Lipinski definition) is 0. The van der Waals surface area contributed by atoms with Gasteiger partial charge in [-0.15, -0.1) is 0 Å². The molecule has 29 heavy (non-hydrogen) atoms. The topological polar surface area (TPSA) is 60.9 Å². The lowest BCUT2D eigenvalue weighted by Gasteiger charge is -2.31. The van der Waals surface area contributed by atoms with Crippen molar-refractivity contribution >= 4 is 21.6 Å². The third-order valence-electron chi connectivity index (χ3n) is 6.36. The highest BCUT2D eigenvalue weighted by Crippen LogP contribution is 2.31. The van der Waals surface area contributed by atoms with Gasteiger partial charge in [0.15, 0.2) is 0 Å². The second-order valence-corrected chi connectivity index (χ2v) is 10.3. The molecule has 0 spiro atoms. The van der Waals surface area contributed by atoms with Crippen LogP contribution in [0.2, 0.25) is 0 Å². The molecule has 0 saturated carbocycles. The fourth-order valence-corrected chi connectivity index (χ4v) is 6.08. The standard InChI is InChI=1S/C22H31N3O3S/c1-18-9-15-24(16-10-18)22(26)20-17-19(7-8-21(20)23-11-5-6-12-23)29(27,28)25-13-3-2-4-14-25/h7-8,17H,1-6,9-16H2. The molecule has 3 saturated heterocycles. The summed E-state index contributed by atoms with van der Waals surface area (Å²) < 4.78 is 27.9. The van der Waals surface area contributed by atoms with E-state index in [9.17, 15) is 13.2 Å². The van der Waals surface area contributed by atoms with Crippen LogP contribution in [-0.2, 0) is 10.0 Å². The van der Waals surface area contributed by atoms with Crippen molar-refractivity contribution in [2.45, 2.75) is 49.8 Å². The summed E-state index contributed by atoms with van der Waals surface area (Å²) in [5.41, 5.74) is 2.57. The molecule has 3 aliphatic heterocycles. The van der Waals surface area contributed by atoms with Gasteiger partial charge < -0.3 is 9.80 Å². The Balaban J connectivity index is 1.69. The Labute approximate surface area is 174 Å². The Morgan fingerprint density at radius 3 is 2.14 bits per heavy atom. The summed E-state index contributed by atoms with van der Waals surface area (Å²) in [4.78, 5) is 17.7. The van der Waals surface area contributed by atoms with Crippen LogP contribution in [0.4, 0.5) is 5.69 Å². The van der Waals surface area contributed by atoms with Crippen LogP contribution in [0.15, 0.2) is 35.2 Å². The van der Waals surface area contributed by atoms with Gasteiger partial charge in [0.2, 0.25) is 10.0 Å². The first kappa shape index (κ1) is 20.4. The van der Waals surface area contributed by atoms with Crippen LogP contribution in [-0.4, -0.2) is 62.8 Å². The van der Waals surface area contributed by atoms with E-state index in [1.165, 1.54) is 5.57 Å². The quantitative estimate of drug-likeness (QED) is 0.706. The number of likely N-dealkylation sites (tertiary alicyclic amines) is 1. The van der Waals surface area contributed by atoms with E-state index in [2.05, 4.69) is 11.5 Å². The zero-order valence-electron chi connectivity index (χ0n) is 17.1. The zero-order valence-corrected chi connectivity index (χ0v) is 17.9. The molecule has 158 valence electrons. The van der Waals surface area contributed by atoms with Gasteiger partial charge in [0.1, 0.15) is 0 Å². The van der Waals surface area contributed by atoms with Crippen molar-refractivity contribution in [3.8, 4) is 0 Å². The molecule has 1 aromatic carbocycles. The molecule has 4 rings (SSSR count). The van der Waals surface area contributed by atoms with Crippen molar-refractivity contribution < 1.29 is 13.2 Å². The van der Waals surface area contributed by atoms with Gasteiger partial charge in [0.25, 0.3) is 5.91 Å². The number of benzene rings is 1. The van der Waals surface area contributed by atoms with E-state index in [1.807, 2.05) is 11.0 Å². The number of rotatable bonds is 4. The number of nitrogens with zero attached hydrogens (tertiary/aromatic N) is 3. The van der Waals surface area contributed by atoms with Gasteiger partial charge in [-0.1, -0.05) is 18.6 Å². The van der Waals surface area contributed by atoms with Crippen molar-refractivity contribution in [2.75, 3.05) is 44.2 Å². The van der Waals surface area contributed by atoms with Crippen molar-refractivity contribution in [1.82, 2.24) is 9.21 Å². The molecule has 0 N–H and O–H groups in total. The van der Waals surface area contributed by atoms with Gasteiger partial charge in [0, 0.05) is 45.0 Å². The summed E-state index contributed by atoms with van der Waals surface area (Å²) in [7, 11) is -3.57. The summed E-state index contributed by atoms with van der Waals surface area (Å²) in [6, 6.07) is 5.16. The van der Waals surface area contributed by atoms with Crippen molar-refractivity contribution in [2.24, 2.45) is 0 Å². The van der Waals surface area contributed by atoms with E-state index in [0.717, 1.165) is 63.7 Å². The minimum absolute atomic E-state index is 0.0601. The number of piperidine rings is 2. The molecule has 1 amide bonds. The van der Waals surface area contributed by atoms with Gasteiger partial charge in [-0.05, 0) is 56.7 Å². The normalized spacial score (nSPS) is 21.6. The molecule has 0 aliphatic carbocycles. The molecule has 0 atom stereocenters. The summed E-state index contributed by atoms with van der Waals surface area (Å²) in [6.07, 6.45) is 6.70. The van der Waals surface area contributed by atoms with Gasteiger partial charge >= 0.3 is 0 Å². The molecular weight excluding hydrogens is 386 g/mol. The number of carbonyl (C=O) groups is 1. The number of carbonyl (C=O) groups excluding carboxylic acids is 1. The predicted octanol–water partition coefficient (Wildman–Crippen LogP) is 3.25. The minimum atomic E-state index is -3.57. The van der Waals surface area contributed by atoms with Gasteiger partial charge in [-0.3, -0.25) is 4.79 Å². The summed E-state index contributed by atoms with van der Waals surface area (Å²) in [5.74, 6) is -0.0601. The molecule has 0 aromatic heterocycles. The molecule has 0 unspecified atom stereocenters. The first-order valence-corrected chi connectivity index (χ1v) is 12.3. The first-order valence-electron chi connectivity index (χ1n) is 10.8. The van der Waals surface area contributed by atoms with Crippen molar-refractivity contribution in [3.63, 3.8) is 0 Å². The SMILES string of the molecule is C=C1CCN(C(=O)c2cc(S(=O)(=O)N3CCCCC3)ccc2N2CCCC2)CC1. The largest absolute Gasteiger partial charge is 0.371 e. The van der Waals surface area contributed by atoms with E-state index in [-0.39, 0.29) is 10.8 Å². The van der Waals surface area contributed by atoms with Crippen LogP contribution in [0.3, 0.4) is 0 Å². The molecule has 3 heterocycles. The number of sulfonamides is 1. The van der Waals surface area contributed by atoms with Gasteiger partial charge in [-0.2, -0.15) is 4.31 Å². The monoisotopic (exact) mass is 417 g/mol. The molecule has 0 radical (unpaired) electrons. The second kappa shape index (κ2) is 8.48. The number of amides is 1. The van der Waals surface area contributed by atoms with Crippen LogP contribution in [0.1, 0.15) is 55.3 Å². The molecule has 1 aromatic rings. The highest BCUT2D eigenvalue weighted by Gasteiger charge is 2.30. The molecule has 7 heteroatoms. The molecule has 3 fully saturated rings. The summed E-state index contributed by atoms with van der Waals surface area (Å²) >= 11 is 0. The summed E-state index contributed by atoms with van der Waals surface area (Å²) in [6.45, 7) is 8.28. The van der Waals surface area contributed by atoms with E-state index in [4.69, 9.17) is 0 Å². The van der Waals surface area contributed by atoms with E-state index < -0.39 is 10.0 Å². The average molecular weight is 418 g/mol. The number of hydrogen-bond acceptors (Lipinski definition) is 4. The van der Waals surface area contributed by atoms with Gasteiger partial charge in [-0.25, -0.2) is 8.42 Å². The van der Waals surface area contributed by atoms with Crippen molar-refractivity contribution in [3.05, 3.63) is 35.9 Å². The molecule has 3 aliphatic rings. The molecular formula is C22H31N3O3S. The molecule has 0 bridgehead atoms. The fraction of sp³-hybridized carbons (Fsp3) is 0.591. The fourth-order valence-electron chi connectivity index (χ4n) is 4.53. The smallest absolute Gasteiger partial charge is 0.256 e. The van der Waals surface area contributed by atoms with Crippen LogP contribution in [0, 0.1) is 0 Å². The van der Waals surface area contributed by atoms with Crippen LogP contribution < -0.4 is 4.90 Å². The Bertz CT molecular complexity index is 875. The zero-order chi connectivity index (χ0) is 20.4. The Morgan fingerprint density at radius 2 is 1.48 bits per heavy atom. The first-order chi connectivity index (χ1) is 14.0. The van der Waals surface area contributed by atoms with E-state index >= 15 is 0 Å². The number of anilines is 1. The maximum Gasteiger partial charge on any atom is 0.256 e. The lowest BCUT2D eigenvalue weighted by atomic mass is 10.0. The molecule has 6 nitrogen and oxygen atoms in total. The van der Waals surface area contributed by atoms with Crippen LogP contribution in [0.25, 0.3) is 0 Å². The maximum atomic E-state index is 13.4. The third kappa shape index (κ3) is 4.21. The Kier molecular flexibility index (Phi) is 5.97. The Hall–Kier alpha value is -1.86. The summed E-state index contributed by atoms with van der Waals surface area (Å²) in [5, 5.41) is 0. The lowest BCUT2D eigenvalue weighted by Crippen LogP contribution is -2.38. The highest BCUT2D eigenvalue weighted by molar-refractivity contribution is 7.89. The average Bonchev–Trinajstić information content (AvgIpc) is 3.29. The predicted molar refractivity (Wildman–Crippen MR) is 115 cm³/mol. The van der Waals surface area contributed by atoms with E-state index in [1.54, 1.807) is 16.4 Å². The van der Waals surface area contributed by atoms with Gasteiger partial charge in [0.05, 0.1) is 10.5 Å². The maximum absolute atomic E-state index is 13.4. The minimum Gasteiger partial charge on any atom is -0.371 e.